The SMILES string of the molecule is Cc1noc([C@]23C[C@H](NC(=O)c4ccc5ncccc5c4)C[C@H]2CN(C(=O)C(C)C)C3)n1. The van der Waals surface area contributed by atoms with Crippen molar-refractivity contribution in [3.8, 4) is 0 Å². The van der Waals surface area contributed by atoms with Crippen molar-refractivity contribution in [3.05, 3.63) is 53.8 Å². The summed E-state index contributed by atoms with van der Waals surface area (Å²) in [5, 5.41) is 8.14. The fourth-order valence-corrected chi connectivity index (χ4v) is 5.33. The van der Waals surface area contributed by atoms with Gasteiger partial charge in [-0.2, -0.15) is 4.98 Å². The van der Waals surface area contributed by atoms with Crippen LogP contribution in [0.2, 0.25) is 0 Å². The second-order valence-corrected chi connectivity index (χ2v) is 9.39. The molecule has 0 radical (unpaired) electrons. The van der Waals surface area contributed by atoms with Gasteiger partial charge in [0.05, 0.1) is 10.9 Å². The van der Waals surface area contributed by atoms with Crippen molar-refractivity contribution in [2.75, 3.05) is 13.1 Å². The Labute approximate surface area is 186 Å². The first-order chi connectivity index (χ1) is 15.4. The maximum absolute atomic E-state index is 13.0. The Morgan fingerprint density at radius 3 is 2.88 bits per heavy atom. The highest BCUT2D eigenvalue weighted by molar-refractivity contribution is 5.98. The van der Waals surface area contributed by atoms with Crippen LogP contribution in [0, 0.1) is 18.8 Å². The van der Waals surface area contributed by atoms with Gasteiger partial charge in [0.1, 0.15) is 0 Å². The third-order valence-corrected chi connectivity index (χ3v) is 6.83. The molecule has 8 heteroatoms. The molecule has 0 spiro atoms. The van der Waals surface area contributed by atoms with E-state index < -0.39 is 5.41 Å². The van der Waals surface area contributed by atoms with Crippen LogP contribution in [0.5, 0.6) is 0 Å². The number of aromatic nitrogens is 3. The largest absolute Gasteiger partial charge is 0.349 e. The molecule has 2 fully saturated rings. The smallest absolute Gasteiger partial charge is 0.251 e. The van der Waals surface area contributed by atoms with E-state index in [2.05, 4.69) is 20.4 Å². The van der Waals surface area contributed by atoms with E-state index in [9.17, 15) is 9.59 Å². The summed E-state index contributed by atoms with van der Waals surface area (Å²) >= 11 is 0. The zero-order chi connectivity index (χ0) is 22.5. The predicted molar refractivity (Wildman–Crippen MR) is 118 cm³/mol. The van der Waals surface area contributed by atoms with Crippen molar-refractivity contribution >= 4 is 22.7 Å². The number of nitrogens with one attached hydrogen (secondary N) is 1. The number of nitrogens with zero attached hydrogens (tertiary/aromatic N) is 4. The lowest BCUT2D eigenvalue weighted by Crippen LogP contribution is -2.40. The first-order valence-electron chi connectivity index (χ1n) is 11.1. The van der Waals surface area contributed by atoms with Crippen molar-refractivity contribution < 1.29 is 14.1 Å². The third-order valence-electron chi connectivity index (χ3n) is 6.83. The van der Waals surface area contributed by atoms with Gasteiger partial charge in [0.15, 0.2) is 5.82 Å². The van der Waals surface area contributed by atoms with Crippen LogP contribution in [-0.2, 0) is 10.2 Å². The van der Waals surface area contributed by atoms with Crippen molar-refractivity contribution in [2.45, 2.75) is 45.1 Å². The van der Waals surface area contributed by atoms with Gasteiger partial charge in [-0.3, -0.25) is 14.6 Å². The molecule has 3 heterocycles. The summed E-state index contributed by atoms with van der Waals surface area (Å²) in [7, 11) is 0. The molecule has 166 valence electrons. The van der Waals surface area contributed by atoms with E-state index in [4.69, 9.17) is 4.52 Å². The number of benzene rings is 1. The highest BCUT2D eigenvalue weighted by atomic mass is 16.5. The van der Waals surface area contributed by atoms with E-state index in [0.717, 1.165) is 17.3 Å². The van der Waals surface area contributed by atoms with Gasteiger partial charge in [-0.15, -0.1) is 0 Å². The molecule has 1 aliphatic carbocycles. The topological polar surface area (TPSA) is 101 Å². The Balaban J connectivity index is 1.37. The van der Waals surface area contributed by atoms with Gasteiger partial charge in [0.2, 0.25) is 11.8 Å². The van der Waals surface area contributed by atoms with Crippen LogP contribution in [0.3, 0.4) is 0 Å². The van der Waals surface area contributed by atoms with Crippen LogP contribution in [0.4, 0.5) is 0 Å². The summed E-state index contributed by atoms with van der Waals surface area (Å²) in [4.78, 5) is 36.5. The molecule has 1 saturated carbocycles. The summed E-state index contributed by atoms with van der Waals surface area (Å²) in [6, 6.07) is 9.33. The molecule has 1 N–H and O–H groups in total. The van der Waals surface area contributed by atoms with Crippen LogP contribution in [-0.4, -0.2) is 51.0 Å². The molecule has 2 aliphatic rings. The average molecular weight is 434 g/mol. The molecular weight excluding hydrogens is 406 g/mol. The number of rotatable bonds is 4. The van der Waals surface area contributed by atoms with Gasteiger partial charge in [-0.25, -0.2) is 0 Å². The zero-order valence-electron chi connectivity index (χ0n) is 18.5. The van der Waals surface area contributed by atoms with Crippen molar-refractivity contribution in [2.24, 2.45) is 11.8 Å². The summed E-state index contributed by atoms with van der Waals surface area (Å²) in [5.74, 6) is 1.30. The molecule has 0 bridgehead atoms. The normalized spacial score (nSPS) is 24.8. The number of aryl methyl sites for hydroxylation is 1. The first kappa shape index (κ1) is 20.6. The van der Waals surface area contributed by atoms with Gasteiger partial charge in [0.25, 0.3) is 5.91 Å². The Morgan fingerprint density at radius 1 is 1.28 bits per heavy atom. The number of fused-ring (bicyclic) bond motifs is 2. The van der Waals surface area contributed by atoms with Crippen LogP contribution in [0.25, 0.3) is 10.9 Å². The number of pyridine rings is 1. The Kier molecular flexibility index (Phi) is 4.95. The summed E-state index contributed by atoms with van der Waals surface area (Å²) in [5.41, 5.74) is 1.05. The lowest BCUT2D eigenvalue weighted by atomic mass is 9.80. The summed E-state index contributed by atoms with van der Waals surface area (Å²) in [6.07, 6.45) is 3.18. The van der Waals surface area contributed by atoms with Crippen LogP contribution in [0.1, 0.15) is 48.8 Å². The maximum atomic E-state index is 13.0. The van der Waals surface area contributed by atoms with Gasteiger partial charge in [0, 0.05) is 42.2 Å². The van der Waals surface area contributed by atoms with Gasteiger partial charge < -0.3 is 14.7 Å². The lowest BCUT2D eigenvalue weighted by Gasteiger charge is -2.26. The monoisotopic (exact) mass is 433 g/mol. The van der Waals surface area contributed by atoms with Gasteiger partial charge in [-0.05, 0) is 49.9 Å². The van der Waals surface area contributed by atoms with Crippen LogP contribution >= 0.6 is 0 Å². The quantitative estimate of drug-likeness (QED) is 0.679. The minimum Gasteiger partial charge on any atom is -0.349 e. The molecule has 1 saturated heterocycles. The number of likely N-dealkylation sites (tertiary alicyclic amines) is 1. The molecule has 2 amide bonds. The predicted octanol–water partition coefficient (Wildman–Crippen LogP) is 2.87. The number of hydrogen-bond acceptors (Lipinski definition) is 6. The van der Waals surface area contributed by atoms with Gasteiger partial charge in [-0.1, -0.05) is 25.1 Å². The molecule has 1 aliphatic heterocycles. The van der Waals surface area contributed by atoms with E-state index in [-0.39, 0.29) is 29.7 Å². The fraction of sp³-hybridized carbons (Fsp3) is 0.458. The van der Waals surface area contributed by atoms with E-state index >= 15 is 0 Å². The van der Waals surface area contributed by atoms with Gasteiger partial charge >= 0.3 is 0 Å². The average Bonchev–Trinajstić information content (AvgIpc) is 3.45. The fourth-order valence-electron chi connectivity index (χ4n) is 5.33. The molecule has 32 heavy (non-hydrogen) atoms. The highest BCUT2D eigenvalue weighted by Gasteiger charge is 2.58. The number of hydrogen-bond donors (Lipinski definition) is 1. The molecule has 1 aromatic carbocycles. The van der Waals surface area contributed by atoms with E-state index in [1.165, 1.54) is 0 Å². The minimum atomic E-state index is -0.420. The Hall–Kier alpha value is -3.29. The standard InChI is InChI=1S/C24H27N5O3/c1-14(2)22(31)29-12-18-10-19(11-24(18,13-29)23-26-15(3)28-32-23)27-21(30)17-6-7-20-16(9-17)5-4-8-25-20/h4-9,14,18-19H,10-13H2,1-3H3,(H,27,30)/t18-,19+,24-/m0/s1. The van der Waals surface area contributed by atoms with Crippen molar-refractivity contribution in [1.29, 1.82) is 0 Å². The van der Waals surface area contributed by atoms with Crippen molar-refractivity contribution in [1.82, 2.24) is 25.3 Å². The van der Waals surface area contributed by atoms with Crippen LogP contribution in [0.15, 0.2) is 41.1 Å². The first-order valence-corrected chi connectivity index (χ1v) is 11.1. The number of amides is 2. The highest BCUT2D eigenvalue weighted by Crippen LogP contribution is 2.50. The van der Waals surface area contributed by atoms with Crippen molar-refractivity contribution in [3.63, 3.8) is 0 Å². The third kappa shape index (κ3) is 3.43. The van der Waals surface area contributed by atoms with E-state index in [1.54, 1.807) is 19.2 Å². The zero-order valence-corrected chi connectivity index (χ0v) is 18.5. The van der Waals surface area contributed by atoms with E-state index in [0.29, 0.717) is 36.8 Å². The molecule has 5 rings (SSSR count). The van der Waals surface area contributed by atoms with E-state index in [1.807, 2.05) is 43.0 Å². The number of carbonyl (C=O) groups is 2. The second-order valence-electron chi connectivity index (χ2n) is 9.39. The second kappa shape index (κ2) is 7.69. The molecule has 3 aromatic rings. The summed E-state index contributed by atoms with van der Waals surface area (Å²) < 4.78 is 5.61. The molecule has 8 nitrogen and oxygen atoms in total. The Bertz CT molecular complexity index is 1190. The number of carbonyl (C=O) groups excluding carboxylic acids is 2. The molecule has 0 unspecified atom stereocenters. The molecule has 3 atom stereocenters. The minimum absolute atomic E-state index is 0.0272. The summed E-state index contributed by atoms with van der Waals surface area (Å²) in [6.45, 7) is 6.83. The Morgan fingerprint density at radius 2 is 2.12 bits per heavy atom. The maximum Gasteiger partial charge on any atom is 0.251 e. The molecule has 2 aromatic heterocycles. The molecular formula is C24H27N5O3. The van der Waals surface area contributed by atoms with Crippen LogP contribution < -0.4 is 5.32 Å². The lowest BCUT2D eigenvalue weighted by molar-refractivity contribution is -0.133.